The molecule has 1 aliphatic heterocycles. The number of carbonyl (C=O) groups excluding carboxylic acids is 1. The molecule has 1 aromatic carbocycles. The van der Waals surface area contributed by atoms with Crippen LogP contribution in [0.1, 0.15) is 18.1 Å². The predicted octanol–water partition coefficient (Wildman–Crippen LogP) is 2.99. The third-order valence-corrected chi connectivity index (χ3v) is 2.60. The first-order chi connectivity index (χ1) is 6.75. The zero-order chi connectivity index (χ0) is 9.97. The normalized spacial score (nSPS) is 20.6. The molecular formula is C11H9BrO2. The first kappa shape index (κ1) is 9.46. The smallest absolute Gasteiger partial charge is 0.162 e. The lowest BCUT2D eigenvalue weighted by atomic mass is 10.0. The molecule has 1 aromatic rings. The Morgan fingerprint density at radius 3 is 3.00 bits per heavy atom. The molecule has 0 unspecified atom stereocenters. The molecule has 72 valence electrons. The quantitative estimate of drug-likeness (QED) is 0.769. The van der Waals surface area contributed by atoms with Gasteiger partial charge in [0, 0.05) is 10.5 Å². The SMILES string of the molecule is O=C1C=CO[C@@H](c2cccc(Br)c2)C1. The van der Waals surface area contributed by atoms with Gasteiger partial charge in [-0.2, -0.15) is 0 Å². The standard InChI is InChI=1S/C11H9BrO2/c12-9-3-1-2-8(6-9)11-7-10(13)4-5-14-11/h1-6,11H,7H2/t11-/m1/s1. The summed E-state index contributed by atoms with van der Waals surface area (Å²) >= 11 is 3.39. The Bertz CT molecular complexity index is 385. The van der Waals surface area contributed by atoms with E-state index in [2.05, 4.69) is 15.9 Å². The fourth-order valence-electron chi connectivity index (χ4n) is 1.41. The molecule has 0 aliphatic carbocycles. The van der Waals surface area contributed by atoms with E-state index in [9.17, 15) is 4.79 Å². The topological polar surface area (TPSA) is 26.3 Å². The van der Waals surface area contributed by atoms with E-state index in [1.165, 1.54) is 12.3 Å². The van der Waals surface area contributed by atoms with Gasteiger partial charge in [-0.1, -0.05) is 28.1 Å². The van der Waals surface area contributed by atoms with Gasteiger partial charge >= 0.3 is 0 Å². The first-order valence-corrected chi connectivity index (χ1v) is 5.15. The van der Waals surface area contributed by atoms with Gasteiger partial charge in [0.15, 0.2) is 5.78 Å². The second kappa shape index (κ2) is 3.96. The van der Waals surface area contributed by atoms with Gasteiger partial charge in [0.25, 0.3) is 0 Å². The average molecular weight is 253 g/mol. The van der Waals surface area contributed by atoms with E-state index in [0.29, 0.717) is 6.42 Å². The Kier molecular flexibility index (Phi) is 2.68. The number of allylic oxidation sites excluding steroid dienone is 1. The number of ether oxygens (including phenoxy) is 1. The van der Waals surface area contributed by atoms with Gasteiger partial charge in [-0.25, -0.2) is 0 Å². The molecule has 3 heteroatoms. The van der Waals surface area contributed by atoms with Crippen LogP contribution >= 0.6 is 15.9 Å². The Balaban J connectivity index is 2.23. The summed E-state index contributed by atoms with van der Waals surface area (Å²) in [5.74, 6) is 0.112. The number of halogens is 1. The molecule has 2 nitrogen and oxygen atoms in total. The molecule has 0 amide bonds. The third kappa shape index (κ3) is 2.04. The highest BCUT2D eigenvalue weighted by Crippen LogP contribution is 2.26. The van der Waals surface area contributed by atoms with Gasteiger partial charge in [-0.05, 0) is 17.7 Å². The van der Waals surface area contributed by atoms with Crippen molar-refractivity contribution in [1.29, 1.82) is 0 Å². The summed E-state index contributed by atoms with van der Waals surface area (Å²) in [6.45, 7) is 0. The van der Waals surface area contributed by atoms with Crippen molar-refractivity contribution in [3.05, 3.63) is 46.6 Å². The molecule has 1 heterocycles. The fourth-order valence-corrected chi connectivity index (χ4v) is 1.83. The van der Waals surface area contributed by atoms with E-state index in [1.54, 1.807) is 0 Å². The zero-order valence-electron chi connectivity index (χ0n) is 7.44. The Morgan fingerprint density at radius 2 is 2.29 bits per heavy atom. The van der Waals surface area contributed by atoms with E-state index in [4.69, 9.17) is 4.74 Å². The molecule has 0 bridgehead atoms. The summed E-state index contributed by atoms with van der Waals surface area (Å²) in [6.07, 6.45) is 3.23. The predicted molar refractivity (Wildman–Crippen MR) is 56.7 cm³/mol. The van der Waals surface area contributed by atoms with Gasteiger partial charge < -0.3 is 4.74 Å². The molecular weight excluding hydrogens is 244 g/mol. The van der Waals surface area contributed by atoms with Crippen LogP contribution < -0.4 is 0 Å². The Hall–Kier alpha value is -1.09. The highest BCUT2D eigenvalue weighted by molar-refractivity contribution is 9.10. The van der Waals surface area contributed by atoms with Crippen molar-refractivity contribution in [3.8, 4) is 0 Å². The van der Waals surface area contributed by atoms with Crippen LogP contribution in [0, 0.1) is 0 Å². The number of ketones is 1. The van der Waals surface area contributed by atoms with Crippen molar-refractivity contribution < 1.29 is 9.53 Å². The molecule has 0 fully saturated rings. The summed E-state index contributed by atoms with van der Waals surface area (Å²) in [6, 6.07) is 7.81. The van der Waals surface area contributed by atoms with Crippen LogP contribution in [-0.4, -0.2) is 5.78 Å². The fraction of sp³-hybridized carbons (Fsp3) is 0.182. The van der Waals surface area contributed by atoms with Gasteiger partial charge in [-0.3, -0.25) is 4.79 Å². The molecule has 1 atom stereocenters. The van der Waals surface area contributed by atoms with Gasteiger partial charge in [0.05, 0.1) is 12.7 Å². The highest BCUT2D eigenvalue weighted by atomic mass is 79.9. The second-order valence-electron chi connectivity index (χ2n) is 3.15. The highest BCUT2D eigenvalue weighted by Gasteiger charge is 2.18. The number of carbonyl (C=O) groups is 1. The van der Waals surface area contributed by atoms with Gasteiger partial charge in [0.1, 0.15) is 6.10 Å². The third-order valence-electron chi connectivity index (χ3n) is 2.10. The molecule has 0 N–H and O–H groups in total. The minimum Gasteiger partial charge on any atom is -0.493 e. The number of hydrogen-bond donors (Lipinski definition) is 0. The Labute approximate surface area is 90.7 Å². The summed E-state index contributed by atoms with van der Waals surface area (Å²) < 4.78 is 6.37. The first-order valence-electron chi connectivity index (χ1n) is 4.36. The summed E-state index contributed by atoms with van der Waals surface area (Å²) in [5, 5.41) is 0. The lowest BCUT2D eigenvalue weighted by molar-refractivity contribution is -0.118. The summed E-state index contributed by atoms with van der Waals surface area (Å²) in [4.78, 5) is 11.2. The van der Waals surface area contributed by atoms with Crippen LogP contribution in [0.25, 0.3) is 0 Å². The van der Waals surface area contributed by atoms with Crippen LogP contribution in [0.2, 0.25) is 0 Å². The largest absolute Gasteiger partial charge is 0.493 e. The van der Waals surface area contributed by atoms with Gasteiger partial charge in [-0.15, -0.1) is 0 Å². The molecule has 0 radical (unpaired) electrons. The molecule has 0 spiro atoms. The van der Waals surface area contributed by atoms with E-state index in [-0.39, 0.29) is 11.9 Å². The maximum Gasteiger partial charge on any atom is 0.162 e. The lowest BCUT2D eigenvalue weighted by Crippen LogP contribution is -2.11. The van der Waals surface area contributed by atoms with E-state index >= 15 is 0 Å². The lowest BCUT2D eigenvalue weighted by Gasteiger charge is -2.18. The molecule has 0 saturated heterocycles. The van der Waals surface area contributed by atoms with Crippen molar-refractivity contribution in [2.45, 2.75) is 12.5 Å². The van der Waals surface area contributed by atoms with Gasteiger partial charge in [0.2, 0.25) is 0 Å². The summed E-state index contributed by atoms with van der Waals surface area (Å²) in [7, 11) is 0. The van der Waals surface area contributed by atoms with Crippen LogP contribution in [0.3, 0.4) is 0 Å². The number of hydrogen-bond acceptors (Lipinski definition) is 2. The minimum absolute atomic E-state index is 0.112. The average Bonchev–Trinajstić information content (AvgIpc) is 2.18. The van der Waals surface area contributed by atoms with Crippen LogP contribution in [0.4, 0.5) is 0 Å². The van der Waals surface area contributed by atoms with E-state index in [0.717, 1.165) is 10.0 Å². The van der Waals surface area contributed by atoms with Crippen LogP contribution in [-0.2, 0) is 9.53 Å². The summed E-state index contributed by atoms with van der Waals surface area (Å²) in [5.41, 5.74) is 1.03. The number of rotatable bonds is 1. The molecule has 14 heavy (non-hydrogen) atoms. The van der Waals surface area contributed by atoms with Crippen molar-refractivity contribution in [3.63, 3.8) is 0 Å². The van der Waals surface area contributed by atoms with E-state index in [1.807, 2.05) is 24.3 Å². The minimum atomic E-state index is -0.134. The van der Waals surface area contributed by atoms with Crippen molar-refractivity contribution in [2.24, 2.45) is 0 Å². The van der Waals surface area contributed by atoms with Crippen molar-refractivity contribution in [2.75, 3.05) is 0 Å². The zero-order valence-corrected chi connectivity index (χ0v) is 9.03. The van der Waals surface area contributed by atoms with Crippen LogP contribution in [0.5, 0.6) is 0 Å². The maximum absolute atomic E-state index is 11.2. The molecule has 2 rings (SSSR count). The van der Waals surface area contributed by atoms with Crippen molar-refractivity contribution >= 4 is 21.7 Å². The van der Waals surface area contributed by atoms with Crippen LogP contribution in [0.15, 0.2) is 41.1 Å². The van der Waals surface area contributed by atoms with Crippen molar-refractivity contribution in [1.82, 2.24) is 0 Å². The maximum atomic E-state index is 11.2. The molecule has 0 aromatic heterocycles. The monoisotopic (exact) mass is 252 g/mol. The number of benzene rings is 1. The molecule has 1 aliphatic rings. The van der Waals surface area contributed by atoms with E-state index < -0.39 is 0 Å². The molecule has 0 saturated carbocycles. The second-order valence-corrected chi connectivity index (χ2v) is 4.07. The Morgan fingerprint density at radius 1 is 1.43 bits per heavy atom.